The minimum atomic E-state index is -0.170. The predicted molar refractivity (Wildman–Crippen MR) is 241 cm³/mol. The van der Waals surface area contributed by atoms with Crippen LogP contribution in [0.25, 0.3) is 55.2 Å². The van der Waals surface area contributed by atoms with Crippen molar-refractivity contribution in [3.63, 3.8) is 0 Å². The van der Waals surface area contributed by atoms with Gasteiger partial charge in [-0.05, 0) is 147 Å². The Labute approximate surface area is 337 Å². The molecule has 0 aliphatic heterocycles. The summed E-state index contributed by atoms with van der Waals surface area (Å²) in [6.07, 6.45) is 0. The number of fused-ring (bicyclic) bond motifs is 7. The van der Waals surface area contributed by atoms with E-state index in [2.05, 4.69) is 224 Å². The Bertz CT molecular complexity index is 3090. The lowest BCUT2D eigenvalue weighted by molar-refractivity contribution is 0.619. The molecular weight excluding hydrogens is 707 g/mol. The van der Waals surface area contributed by atoms with E-state index in [9.17, 15) is 0 Å². The first-order valence-electron chi connectivity index (χ1n) is 19.9. The second-order valence-corrected chi connectivity index (χ2v) is 15.7. The molecule has 0 fully saturated rings. The lowest BCUT2D eigenvalue weighted by atomic mass is 9.81. The smallest absolute Gasteiger partial charge is 0.227 e. The van der Waals surface area contributed by atoms with Gasteiger partial charge in [0.25, 0.3) is 0 Å². The molecule has 1 aliphatic rings. The van der Waals surface area contributed by atoms with E-state index in [-0.39, 0.29) is 5.41 Å². The second-order valence-electron chi connectivity index (χ2n) is 15.7. The third kappa shape index (κ3) is 5.56. The number of aromatic nitrogens is 1. The van der Waals surface area contributed by atoms with Crippen LogP contribution < -0.4 is 9.80 Å². The monoisotopic (exact) mass is 745 g/mol. The average Bonchev–Trinajstić information content (AvgIpc) is 3.79. The van der Waals surface area contributed by atoms with Gasteiger partial charge in [-0.25, -0.2) is 4.98 Å². The largest absolute Gasteiger partial charge is 0.436 e. The maximum absolute atomic E-state index is 6.59. The van der Waals surface area contributed by atoms with Crippen LogP contribution in [0.2, 0.25) is 0 Å². The van der Waals surface area contributed by atoms with Gasteiger partial charge in [-0.15, -0.1) is 0 Å². The van der Waals surface area contributed by atoms with E-state index in [4.69, 9.17) is 9.40 Å². The number of oxazole rings is 1. The van der Waals surface area contributed by atoms with Crippen molar-refractivity contribution in [2.24, 2.45) is 0 Å². The fourth-order valence-corrected chi connectivity index (χ4v) is 8.93. The molecule has 11 rings (SSSR count). The van der Waals surface area contributed by atoms with E-state index >= 15 is 0 Å². The van der Waals surface area contributed by atoms with Crippen molar-refractivity contribution in [3.05, 3.63) is 211 Å². The fraction of sp³-hybridized carbons (Fsp3) is 0.0556. The van der Waals surface area contributed by atoms with E-state index < -0.39 is 0 Å². The first-order chi connectivity index (χ1) is 28.5. The van der Waals surface area contributed by atoms with Crippen molar-refractivity contribution in [2.75, 3.05) is 9.80 Å². The van der Waals surface area contributed by atoms with Crippen molar-refractivity contribution in [2.45, 2.75) is 19.3 Å². The first kappa shape index (κ1) is 33.9. The third-order valence-corrected chi connectivity index (χ3v) is 11.8. The van der Waals surface area contributed by atoms with Gasteiger partial charge in [0.15, 0.2) is 5.58 Å². The number of benzene rings is 9. The van der Waals surface area contributed by atoms with Crippen LogP contribution in [0.15, 0.2) is 205 Å². The molecule has 9 aromatic carbocycles. The Kier molecular flexibility index (Phi) is 7.80. The van der Waals surface area contributed by atoms with E-state index in [1.54, 1.807) is 0 Å². The predicted octanol–water partition coefficient (Wildman–Crippen LogP) is 15.0. The molecule has 276 valence electrons. The standard InChI is InChI=1S/C54H39N3O/c1-54(2)49-31-38-26-25-36-15-12-13-24-45(36)46(38)33-47(49)48-34-52-51(35-50(48)54)55-53(58-52)37-27-29-42(30-28-37)57(41-20-10-5-11-21-41)44-23-14-22-43(32-44)56(39-16-6-3-7-17-39)40-18-8-4-9-19-40/h3-35H,1-2H3. The summed E-state index contributed by atoms with van der Waals surface area (Å²) in [6, 6.07) is 71.2. The van der Waals surface area contributed by atoms with Crippen LogP contribution in [-0.4, -0.2) is 4.98 Å². The molecule has 0 bridgehead atoms. The summed E-state index contributed by atoms with van der Waals surface area (Å²) in [5.41, 5.74) is 14.0. The Morgan fingerprint density at radius 1 is 0.414 bits per heavy atom. The molecular formula is C54H39N3O. The van der Waals surface area contributed by atoms with Gasteiger partial charge in [0.1, 0.15) is 5.52 Å². The molecule has 0 atom stereocenters. The number of hydrogen-bond acceptors (Lipinski definition) is 4. The lowest BCUT2D eigenvalue weighted by Crippen LogP contribution is -2.14. The Morgan fingerprint density at radius 2 is 0.931 bits per heavy atom. The van der Waals surface area contributed by atoms with Crippen molar-refractivity contribution in [1.82, 2.24) is 4.98 Å². The Morgan fingerprint density at radius 3 is 1.57 bits per heavy atom. The summed E-state index contributed by atoms with van der Waals surface area (Å²) < 4.78 is 6.59. The maximum atomic E-state index is 6.59. The number of anilines is 6. The molecule has 1 aromatic heterocycles. The molecule has 10 aromatic rings. The van der Waals surface area contributed by atoms with Gasteiger partial charge in [-0.2, -0.15) is 0 Å². The summed E-state index contributed by atoms with van der Waals surface area (Å²) in [5.74, 6) is 0.613. The number of nitrogens with zero attached hydrogens (tertiary/aromatic N) is 3. The highest BCUT2D eigenvalue weighted by molar-refractivity contribution is 6.10. The molecule has 0 spiro atoms. The second kappa shape index (κ2) is 13.4. The van der Waals surface area contributed by atoms with Crippen LogP contribution in [0.5, 0.6) is 0 Å². The molecule has 1 heterocycles. The van der Waals surface area contributed by atoms with Gasteiger partial charge >= 0.3 is 0 Å². The van der Waals surface area contributed by atoms with E-state index in [1.165, 1.54) is 43.8 Å². The van der Waals surface area contributed by atoms with E-state index in [0.717, 1.165) is 50.8 Å². The Balaban J connectivity index is 0.967. The SMILES string of the molecule is CC1(C)c2cc3ccc4ccccc4c3cc2-c2cc3oc(-c4ccc(N(c5ccccc5)c5cccc(N(c6ccccc6)c6ccccc6)c5)cc4)nc3cc21. The molecule has 0 saturated heterocycles. The van der Waals surface area contributed by atoms with Crippen LogP contribution in [0.4, 0.5) is 34.1 Å². The third-order valence-electron chi connectivity index (χ3n) is 11.8. The molecule has 0 amide bonds. The van der Waals surface area contributed by atoms with Crippen molar-refractivity contribution < 1.29 is 4.42 Å². The average molecular weight is 746 g/mol. The zero-order valence-corrected chi connectivity index (χ0v) is 32.3. The van der Waals surface area contributed by atoms with Gasteiger partial charge < -0.3 is 14.2 Å². The van der Waals surface area contributed by atoms with Crippen LogP contribution in [-0.2, 0) is 5.41 Å². The Hall–Kier alpha value is -7.43. The molecule has 0 N–H and O–H groups in total. The van der Waals surface area contributed by atoms with Crippen LogP contribution in [0.3, 0.4) is 0 Å². The van der Waals surface area contributed by atoms with Crippen LogP contribution in [0.1, 0.15) is 25.0 Å². The molecule has 0 radical (unpaired) electrons. The summed E-state index contributed by atoms with van der Waals surface area (Å²) in [6.45, 7) is 4.65. The highest BCUT2D eigenvalue weighted by atomic mass is 16.3. The molecule has 1 aliphatic carbocycles. The molecule has 4 nitrogen and oxygen atoms in total. The minimum absolute atomic E-state index is 0.170. The zero-order chi connectivity index (χ0) is 38.8. The first-order valence-corrected chi connectivity index (χ1v) is 19.9. The number of para-hydroxylation sites is 3. The summed E-state index contributed by atoms with van der Waals surface area (Å²) in [7, 11) is 0. The highest BCUT2D eigenvalue weighted by Crippen LogP contribution is 2.52. The van der Waals surface area contributed by atoms with E-state index in [1.807, 2.05) is 0 Å². The zero-order valence-electron chi connectivity index (χ0n) is 32.3. The molecule has 0 saturated carbocycles. The highest BCUT2D eigenvalue weighted by Gasteiger charge is 2.37. The normalized spacial score (nSPS) is 12.8. The van der Waals surface area contributed by atoms with Crippen molar-refractivity contribution in [3.8, 4) is 22.6 Å². The number of rotatable bonds is 7. The quantitative estimate of drug-likeness (QED) is 0.152. The van der Waals surface area contributed by atoms with Gasteiger partial charge in [-0.1, -0.05) is 111 Å². The van der Waals surface area contributed by atoms with Gasteiger partial charge in [0, 0.05) is 45.1 Å². The van der Waals surface area contributed by atoms with Gasteiger partial charge in [0.05, 0.1) is 0 Å². The van der Waals surface area contributed by atoms with E-state index in [0.29, 0.717) is 5.89 Å². The van der Waals surface area contributed by atoms with Crippen LogP contribution >= 0.6 is 0 Å². The van der Waals surface area contributed by atoms with Crippen molar-refractivity contribution >= 4 is 66.8 Å². The topological polar surface area (TPSA) is 32.5 Å². The lowest BCUT2D eigenvalue weighted by Gasteiger charge is -2.29. The van der Waals surface area contributed by atoms with Gasteiger partial charge in [-0.3, -0.25) is 0 Å². The number of hydrogen-bond donors (Lipinski definition) is 0. The molecule has 58 heavy (non-hydrogen) atoms. The maximum Gasteiger partial charge on any atom is 0.227 e. The summed E-state index contributed by atoms with van der Waals surface area (Å²) in [4.78, 5) is 9.67. The van der Waals surface area contributed by atoms with Gasteiger partial charge in [0.2, 0.25) is 5.89 Å². The molecule has 4 heteroatoms. The summed E-state index contributed by atoms with van der Waals surface area (Å²) >= 11 is 0. The molecule has 0 unspecified atom stereocenters. The fourth-order valence-electron chi connectivity index (χ4n) is 8.93. The van der Waals surface area contributed by atoms with Crippen molar-refractivity contribution in [1.29, 1.82) is 0 Å². The summed E-state index contributed by atoms with van der Waals surface area (Å²) in [5, 5.41) is 5.08. The van der Waals surface area contributed by atoms with Crippen LogP contribution in [0, 0.1) is 0 Å². The minimum Gasteiger partial charge on any atom is -0.436 e.